The zero-order valence-electron chi connectivity index (χ0n) is 29.1. The number of nitrogens with zero attached hydrogens (tertiary/aromatic N) is 3. The standard InChI is InChI=1S/C40H54N4O4/c1-5-9-13-33(45)37-31-22-21-29(43-31)24-28-18-17-26(41-28)23-27-19-20-30(42-27)25-32-38(34(46)14-10-6-2)39(35(47)15-11-7-3)40(37)44(32)36(48)16-12-8-4/h17-25,33-36,41,45-48H,5-16H2,1-4H3. The van der Waals surface area contributed by atoms with E-state index < -0.39 is 24.5 Å². The van der Waals surface area contributed by atoms with Gasteiger partial charge in [-0.2, -0.15) is 0 Å². The van der Waals surface area contributed by atoms with E-state index in [1.807, 2.05) is 59.2 Å². The highest BCUT2D eigenvalue weighted by atomic mass is 16.3. The number of H-pyrrole nitrogens is 1. The van der Waals surface area contributed by atoms with Crippen LogP contribution in [0.25, 0.3) is 46.4 Å². The summed E-state index contributed by atoms with van der Waals surface area (Å²) in [6.07, 6.45) is 12.8. The summed E-state index contributed by atoms with van der Waals surface area (Å²) in [5.74, 6) is 0. The molecule has 8 heteroatoms. The second kappa shape index (κ2) is 16.7. The fourth-order valence-electron chi connectivity index (χ4n) is 6.88. The van der Waals surface area contributed by atoms with Crippen molar-refractivity contribution in [1.82, 2.24) is 19.5 Å². The zero-order chi connectivity index (χ0) is 34.2. The molecule has 0 aliphatic carbocycles. The molecule has 0 saturated heterocycles. The van der Waals surface area contributed by atoms with Crippen molar-refractivity contribution in [3.05, 3.63) is 69.8 Å². The highest BCUT2D eigenvalue weighted by Gasteiger charge is 2.32. The smallest absolute Gasteiger partial charge is 0.131 e. The molecule has 4 unspecified atom stereocenters. The predicted molar refractivity (Wildman–Crippen MR) is 197 cm³/mol. The number of aromatic nitrogens is 4. The quantitative estimate of drug-likeness (QED) is 0.0721. The molecule has 2 aliphatic rings. The van der Waals surface area contributed by atoms with Crippen molar-refractivity contribution in [2.75, 3.05) is 0 Å². The van der Waals surface area contributed by atoms with E-state index in [4.69, 9.17) is 9.97 Å². The van der Waals surface area contributed by atoms with Crippen LogP contribution in [-0.2, 0) is 0 Å². The molecule has 5 N–H and O–H groups in total. The number of rotatable bonds is 16. The Morgan fingerprint density at radius 1 is 0.583 bits per heavy atom. The fourth-order valence-corrected chi connectivity index (χ4v) is 6.88. The van der Waals surface area contributed by atoms with Crippen LogP contribution in [0.2, 0.25) is 0 Å². The van der Waals surface area contributed by atoms with Crippen LogP contribution in [0.3, 0.4) is 0 Å². The number of hydrogen-bond donors (Lipinski definition) is 5. The topological polar surface area (TPSA) is 127 Å². The van der Waals surface area contributed by atoms with E-state index in [0.717, 1.165) is 73.8 Å². The highest BCUT2D eigenvalue weighted by molar-refractivity contribution is 5.84. The van der Waals surface area contributed by atoms with E-state index >= 15 is 0 Å². The first-order valence-corrected chi connectivity index (χ1v) is 18.2. The summed E-state index contributed by atoms with van der Waals surface area (Å²) in [5.41, 5.74) is 7.48. The van der Waals surface area contributed by atoms with Crippen LogP contribution in [0.15, 0.2) is 30.3 Å². The number of nitrogens with one attached hydrogen (secondary N) is 1. The normalized spacial score (nSPS) is 15.2. The van der Waals surface area contributed by atoms with Gasteiger partial charge in [0.1, 0.15) is 6.23 Å². The van der Waals surface area contributed by atoms with Gasteiger partial charge in [0, 0.05) is 27.7 Å². The SMILES string of the molecule is CCCCC(O)c1c(C(O)CCCC)c2c(C(O)CCCC)c3nc(cc4ccc(cc5nc(cc1n2C(O)CCCC)C=C5)[nH]4)C=C3. The van der Waals surface area contributed by atoms with Crippen molar-refractivity contribution in [2.45, 2.75) is 129 Å². The van der Waals surface area contributed by atoms with E-state index in [0.29, 0.717) is 64.8 Å². The van der Waals surface area contributed by atoms with Crippen molar-refractivity contribution < 1.29 is 20.4 Å². The van der Waals surface area contributed by atoms with Crippen molar-refractivity contribution in [1.29, 1.82) is 0 Å². The minimum atomic E-state index is -0.972. The predicted octanol–water partition coefficient (Wildman–Crippen LogP) is 9.48. The van der Waals surface area contributed by atoms with Gasteiger partial charge in [0.15, 0.2) is 0 Å². The van der Waals surface area contributed by atoms with Gasteiger partial charge in [-0.15, -0.1) is 0 Å². The first kappa shape index (κ1) is 35.7. The van der Waals surface area contributed by atoms with Crippen LogP contribution in [0.4, 0.5) is 0 Å². The zero-order valence-corrected chi connectivity index (χ0v) is 29.1. The third-order valence-electron chi connectivity index (χ3n) is 9.43. The largest absolute Gasteiger partial charge is 0.388 e. The summed E-state index contributed by atoms with van der Waals surface area (Å²) in [5, 5.41) is 48.4. The Labute approximate surface area is 284 Å². The number of hydrogen-bond acceptors (Lipinski definition) is 6. The number of fused-ring (bicyclic) bond motifs is 8. The molecule has 5 rings (SSSR count). The molecule has 3 aromatic heterocycles. The summed E-state index contributed by atoms with van der Waals surface area (Å²) >= 11 is 0. The second-order valence-corrected chi connectivity index (χ2v) is 13.3. The van der Waals surface area contributed by atoms with E-state index in [2.05, 4.69) is 32.7 Å². The van der Waals surface area contributed by atoms with Gasteiger partial charge in [-0.1, -0.05) is 72.6 Å². The number of aliphatic hydroxyl groups is 4. The van der Waals surface area contributed by atoms with E-state index in [1.54, 1.807) is 0 Å². The van der Waals surface area contributed by atoms with E-state index in [9.17, 15) is 20.4 Å². The van der Waals surface area contributed by atoms with Crippen molar-refractivity contribution in [2.24, 2.45) is 0 Å². The van der Waals surface area contributed by atoms with E-state index in [-0.39, 0.29) is 0 Å². The van der Waals surface area contributed by atoms with Crippen molar-refractivity contribution in [3.63, 3.8) is 0 Å². The third-order valence-corrected chi connectivity index (χ3v) is 9.43. The van der Waals surface area contributed by atoms with Crippen LogP contribution in [0, 0.1) is 0 Å². The maximum Gasteiger partial charge on any atom is 0.131 e. The maximum atomic E-state index is 12.1. The summed E-state index contributed by atoms with van der Waals surface area (Å²) in [7, 11) is 0. The molecule has 0 amide bonds. The first-order chi connectivity index (χ1) is 23.3. The Morgan fingerprint density at radius 2 is 1.06 bits per heavy atom. The maximum absolute atomic E-state index is 12.1. The molecule has 0 spiro atoms. The molecule has 3 aromatic rings. The van der Waals surface area contributed by atoms with Gasteiger partial charge in [0.05, 0.1) is 52.1 Å². The van der Waals surface area contributed by atoms with Crippen LogP contribution in [0.1, 0.15) is 169 Å². The molecule has 4 atom stereocenters. The van der Waals surface area contributed by atoms with E-state index in [1.165, 1.54) is 0 Å². The average Bonchev–Trinajstić information content (AvgIpc) is 3.88. The van der Waals surface area contributed by atoms with Crippen LogP contribution >= 0.6 is 0 Å². The highest BCUT2D eigenvalue weighted by Crippen LogP contribution is 2.44. The number of aromatic amines is 1. The lowest BCUT2D eigenvalue weighted by Gasteiger charge is -2.21. The minimum absolute atomic E-state index is 0.473. The van der Waals surface area contributed by atoms with Gasteiger partial charge in [-0.05, 0) is 86.7 Å². The van der Waals surface area contributed by atoms with Crippen LogP contribution < -0.4 is 0 Å². The van der Waals surface area contributed by atoms with Gasteiger partial charge in [-0.3, -0.25) is 0 Å². The van der Waals surface area contributed by atoms with Crippen LogP contribution in [-0.4, -0.2) is 39.9 Å². The molecule has 8 bridgehead atoms. The van der Waals surface area contributed by atoms with Gasteiger partial charge in [-0.25, -0.2) is 9.97 Å². The lowest BCUT2D eigenvalue weighted by atomic mass is 9.91. The van der Waals surface area contributed by atoms with Gasteiger partial charge < -0.3 is 30.0 Å². The third kappa shape index (κ3) is 8.00. The van der Waals surface area contributed by atoms with Gasteiger partial charge in [0.2, 0.25) is 0 Å². The Kier molecular flexibility index (Phi) is 12.4. The monoisotopic (exact) mass is 654 g/mol. The first-order valence-electron chi connectivity index (χ1n) is 18.2. The molecular formula is C40H54N4O4. The molecule has 258 valence electrons. The van der Waals surface area contributed by atoms with Gasteiger partial charge >= 0.3 is 0 Å². The Hall–Kier alpha value is -3.56. The summed E-state index contributed by atoms with van der Waals surface area (Å²) in [4.78, 5) is 13.4. The average molecular weight is 655 g/mol. The molecule has 0 saturated carbocycles. The molecule has 2 aliphatic heterocycles. The summed E-state index contributed by atoms with van der Waals surface area (Å²) < 4.78 is 1.87. The van der Waals surface area contributed by atoms with Crippen molar-refractivity contribution in [3.8, 4) is 0 Å². The Morgan fingerprint density at radius 3 is 1.65 bits per heavy atom. The minimum Gasteiger partial charge on any atom is -0.388 e. The van der Waals surface area contributed by atoms with Gasteiger partial charge in [0.25, 0.3) is 0 Å². The van der Waals surface area contributed by atoms with Crippen molar-refractivity contribution >= 4 is 46.4 Å². The lowest BCUT2D eigenvalue weighted by molar-refractivity contribution is 0.0986. The summed E-state index contributed by atoms with van der Waals surface area (Å²) in [6, 6.07) is 9.89. The Bertz CT molecular complexity index is 1770. The Balaban J connectivity index is 2.05. The molecular weight excluding hydrogens is 600 g/mol. The summed E-state index contributed by atoms with van der Waals surface area (Å²) in [6.45, 7) is 8.38. The number of aliphatic hydroxyl groups excluding tert-OH is 4. The number of unbranched alkanes of at least 4 members (excludes halogenated alkanes) is 4. The lowest BCUT2D eigenvalue weighted by Crippen LogP contribution is -2.12. The molecule has 8 nitrogen and oxygen atoms in total. The molecule has 0 fully saturated rings. The molecule has 48 heavy (non-hydrogen) atoms. The molecule has 0 radical (unpaired) electrons. The molecule has 0 aromatic carbocycles. The second-order valence-electron chi connectivity index (χ2n) is 13.3. The molecule has 5 heterocycles. The van der Waals surface area contributed by atoms with Crippen LogP contribution in [0.5, 0.6) is 0 Å². The fraction of sp³-hybridized carbons (Fsp3) is 0.500.